The third kappa shape index (κ3) is 3.48. The summed E-state index contributed by atoms with van der Waals surface area (Å²) < 4.78 is 10.6. The van der Waals surface area contributed by atoms with E-state index >= 15 is 0 Å². The molecular formula is C17H16O3. The number of hydrogen-bond acceptors (Lipinski definition) is 3. The lowest BCUT2D eigenvalue weighted by Gasteiger charge is -2.08. The van der Waals surface area contributed by atoms with Crippen LogP contribution in [0.3, 0.4) is 0 Å². The average molecular weight is 268 g/mol. The molecule has 20 heavy (non-hydrogen) atoms. The van der Waals surface area contributed by atoms with Crippen molar-refractivity contribution in [3.05, 3.63) is 66.7 Å². The summed E-state index contributed by atoms with van der Waals surface area (Å²) in [6.07, 6.45) is 0. The standard InChI is InChI=1S/C17H16O3/c1-3-19-17(18)13(2)14-9-11-16(12-10-14)20-15-7-5-4-6-8-15/h4-12H,2-3H2,1H3. The summed E-state index contributed by atoms with van der Waals surface area (Å²) in [5, 5.41) is 0. The van der Waals surface area contributed by atoms with E-state index in [0.29, 0.717) is 17.9 Å². The fraction of sp³-hybridized carbons (Fsp3) is 0.118. The molecule has 0 aliphatic carbocycles. The molecule has 3 nitrogen and oxygen atoms in total. The Kier molecular flexibility index (Phi) is 4.56. The Balaban J connectivity index is 2.07. The molecule has 102 valence electrons. The van der Waals surface area contributed by atoms with Crippen LogP contribution >= 0.6 is 0 Å². The summed E-state index contributed by atoms with van der Waals surface area (Å²) >= 11 is 0. The van der Waals surface area contributed by atoms with Crippen molar-refractivity contribution in [1.82, 2.24) is 0 Å². The molecule has 0 unspecified atom stereocenters. The van der Waals surface area contributed by atoms with Crippen molar-refractivity contribution in [2.24, 2.45) is 0 Å². The van der Waals surface area contributed by atoms with E-state index in [1.165, 1.54) is 0 Å². The maximum atomic E-state index is 11.6. The maximum absolute atomic E-state index is 11.6. The van der Waals surface area contributed by atoms with E-state index < -0.39 is 5.97 Å². The predicted octanol–water partition coefficient (Wildman–Crippen LogP) is 4.06. The third-order valence-electron chi connectivity index (χ3n) is 2.70. The van der Waals surface area contributed by atoms with Crippen LogP contribution in [0.4, 0.5) is 0 Å². The van der Waals surface area contributed by atoms with Crippen molar-refractivity contribution < 1.29 is 14.3 Å². The first-order chi connectivity index (χ1) is 9.70. The van der Waals surface area contributed by atoms with Crippen LogP contribution in [-0.2, 0) is 9.53 Å². The molecule has 0 fully saturated rings. The number of benzene rings is 2. The van der Waals surface area contributed by atoms with Crippen LogP contribution in [0.25, 0.3) is 5.57 Å². The molecule has 0 bridgehead atoms. The third-order valence-corrected chi connectivity index (χ3v) is 2.70. The van der Waals surface area contributed by atoms with Gasteiger partial charge in [-0.15, -0.1) is 0 Å². The lowest BCUT2D eigenvalue weighted by atomic mass is 10.1. The summed E-state index contributed by atoms with van der Waals surface area (Å²) in [6, 6.07) is 16.7. The minimum atomic E-state index is -0.399. The molecule has 2 aromatic carbocycles. The molecule has 0 radical (unpaired) electrons. The van der Waals surface area contributed by atoms with Crippen molar-refractivity contribution in [2.45, 2.75) is 6.92 Å². The number of esters is 1. The molecular weight excluding hydrogens is 252 g/mol. The first-order valence-electron chi connectivity index (χ1n) is 6.40. The van der Waals surface area contributed by atoms with Crippen molar-refractivity contribution in [3.8, 4) is 11.5 Å². The van der Waals surface area contributed by atoms with Crippen molar-refractivity contribution in [2.75, 3.05) is 6.61 Å². The highest BCUT2D eigenvalue weighted by molar-refractivity contribution is 6.15. The Morgan fingerprint density at radius 3 is 2.20 bits per heavy atom. The topological polar surface area (TPSA) is 35.5 Å². The van der Waals surface area contributed by atoms with Gasteiger partial charge in [-0.2, -0.15) is 0 Å². The van der Waals surface area contributed by atoms with Gasteiger partial charge >= 0.3 is 5.97 Å². The monoisotopic (exact) mass is 268 g/mol. The second-order valence-electron chi connectivity index (χ2n) is 4.14. The number of hydrogen-bond donors (Lipinski definition) is 0. The zero-order chi connectivity index (χ0) is 14.4. The Morgan fingerprint density at radius 2 is 1.60 bits per heavy atom. The van der Waals surface area contributed by atoms with E-state index in [1.807, 2.05) is 30.3 Å². The van der Waals surface area contributed by atoms with E-state index in [-0.39, 0.29) is 0 Å². The second kappa shape index (κ2) is 6.57. The van der Waals surface area contributed by atoms with Gasteiger partial charge in [0, 0.05) is 0 Å². The van der Waals surface area contributed by atoms with Gasteiger partial charge in [0.05, 0.1) is 12.2 Å². The quantitative estimate of drug-likeness (QED) is 0.606. The molecule has 0 amide bonds. The van der Waals surface area contributed by atoms with E-state index in [4.69, 9.17) is 9.47 Å². The fourth-order valence-corrected chi connectivity index (χ4v) is 1.68. The Morgan fingerprint density at radius 1 is 1.00 bits per heavy atom. The van der Waals surface area contributed by atoms with E-state index in [1.54, 1.807) is 31.2 Å². The summed E-state index contributed by atoms with van der Waals surface area (Å²) in [7, 11) is 0. The molecule has 2 rings (SSSR count). The molecule has 0 aliphatic heterocycles. The molecule has 0 spiro atoms. The van der Waals surface area contributed by atoms with E-state index in [0.717, 1.165) is 11.3 Å². The van der Waals surface area contributed by atoms with Crippen LogP contribution < -0.4 is 4.74 Å². The van der Waals surface area contributed by atoms with Crippen LogP contribution in [0.5, 0.6) is 11.5 Å². The smallest absolute Gasteiger partial charge is 0.338 e. The number of ether oxygens (including phenoxy) is 2. The molecule has 0 atom stereocenters. The van der Waals surface area contributed by atoms with Gasteiger partial charge in [-0.25, -0.2) is 4.79 Å². The summed E-state index contributed by atoms with van der Waals surface area (Å²) in [4.78, 5) is 11.6. The summed E-state index contributed by atoms with van der Waals surface area (Å²) in [5.74, 6) is 1.07. The molecule has 0 saturated carbocycles. The normalized spacial score (nSPS) is 9.85. The van der Waals surface area contributed by atoms with Gasteiger partial charge in [-0.1, -0.05) is 36.9 Å². The molecule has 0 N–H and O–H groups in total. The average Bonchev–Trinajstić information content (AvgIpc) is 2.48. The first kappa shape index (κ1) is 13.9. The van der Waals surface area contributed by atoms with E-state index in [2.05, 4.69) is 6.58 Å². The second-order valence-corrected chi connectivity index (χ2v) is 4.14. The minimum Gasteiger partial charge on any atom is -0.462 e. The lowest BCUT2D eigenvalue weighted by Crippen LogP contribution is -2.05. The van der Waals surface area contributed by atoms with Gasteiger partial charge in [0.2, 0.25) is 0 Å². The maximum Gasteiger partial charge on any atom is 0.338 e. The van der Waals surface area contributed by atoms with Gasteiger partial charge in [-0.3, -0.25) is 0 Å². The Labute approximate surface area is 118 Å². The van der Waals surface area contributed by atoms with Crippen LogP contribution in [0.2, 0.25) is 0 Å². The summed E-state index contributed by atoms with van der Waals surface area (Å²) in [5.41, 5.74) is 1.07. The fourth-order valence-electron chi connectivity index (χ4n) is 1.68. The molecule has 0 heterocycles. The number of rotatable bonds is 5. The Bertz CT molecular complexity index is 585. The molecule has 0 saturated heterocycles. The van der Waals surface area contributed by atoms with Gasteiger partial charge in [0.15, 0.2) is 0 Å². The van der Waals surface area contributed by atoms with Crippen molar-refractivity contribution >= 4 is 11.5 Å². The Hall–Kier alpha value is -2.55. The first-order valence-corrected chi connectivity index (χ1v) is 6.40. The zero-order valence-electron chi connectivity index (χ0n) is 11.3. The van der Waals surface area contributed by atoms with Crippen molar-refractivity contribution in [1.29, 1.82) is 0 Å². The van der Waals surface area contributed by atoms with Gasteiger partial charge in [-0.05, 0) is 36.8 Å². The number of para-hydroxylation sites is 1. The molecule has 0 aromatic heterocycles. The van der Waals surface area contributed by atoms with Crippen molar-refractivity contribution in [3.63, 3.8) is 0 Å². The zero-order valence-corrected chi connectivity index (χ0v) is 11.3. The van der Waals surface area contributed by atoms with Gasteiger partial charge in [0.1, 0.15) is 11.5 Å². The van der Waals surface area contributed by atoms with Crippen LogP contribution in [0, 0.1) is 0 Å². The lowest BCUT2D eigenvalue weighted by molar-refractivity contribution is -0.136. The van der Waals surface area contributed by atoms with Crippen LogP contribution in [0.1, 0.15) is 12.5 Å². The van der Waals surface area contributed by atoms with Crippen LogP contribution in [0.15, 0.2) is 61.2 Å². The van der Waals surface area contributed by atoms with Gasteiger partial charge in [0.25, 0.3) is 0 Å². The predicted molar refractivity (Wildman–Crippen MR) is 78.6 cm³/mol. The highest BCUT2D eigenvalue weighted by Gasteiger charge is 2.10. The van der Waals surface area contributed by atoms with E-state index in [9.17, 15) is 4.79 Å². The van der Waals surface area contributed by atoms with Gasteiger partial charge < -0.3 is 9.47 Å². The van der Waals surface area contributed by atoms with Crippen LogP contribution in [-0.4, -0.2) is 12.6 Å². The number of carbonyl (C=O) groups is 1. The molecule has 2 aromatic rings. The largest absolute Gasteiger partial charge is 0.462 e. The SMILES string of the molecule is C=C(C(=O)OCC)c1ccc(Oc2ccccc2)cc1. The highest BCUT2D eigenvalue weighted by Crippen LogP contribution is 2.23. The summed E-state index contributed by atoms with van der Waals surface area (Å²) in [6.45, 7) is 5.85. The minimum absolute atomic E-state index is 0.340. The highest BCUT2D eigenvalue weighted by atomic mass is 16.5. The molecule has 0 aliphatic rings. The number of carbonyl (C=O) groups excluding carboxylic acids is 1. The molecule has 3 heteroatoms.